The first-order valence-electron chi connectivity index (χ1n) is 9.16. The van der Waals surface area contributed by atoms with Gasteiger partial charge in [0, 0.05) is 23.8 Å². The number of benzene rings is 2. The highest BCUT2D eigenvalue weighted by Crippen LogP contribution is 2.25. The molecular weight excluding hydrogens is 466 g/mol. The molecule has 0 atom stereocenters. The average molecular weight is 484 g/mol. The summed E-state index contributed by atoms with van der Waals surface area (Å²) in [6, 6.07) is 17.3. The van der Waals surface area contributed by atoms with E-state index in [9.17, 15) is 9.59 Å². The number of nitrogens with one attached hydrogen (secondary N) is 1. The number of thiazole rings is 1. The van der Waals surface area contributed by atoms with Crippen molar-refractivity contribution in [3.05, 3.63) is 81.3 Å². The molecule has 2 aromatic carbocycles. The van der Waals surface area contributed by atoms with Crippen molar-refractivity contribution in [3.63, 3.8) is 0 Å². The molecule has 2 aromatic heterocycles. The van der Waals surface area contributed by atoms with E-state index in [1.807, 2.05) is 54.4 Å². The molecule has 0 unspecified atom stereocenters. The molecule has 0 radical (unpaired) electrons. The van der Waals surface area contributed by atoms with Gasteiger partial charge in [-0.1, -0.05) is 57.6 Å². The van der Waals surface area contributed by atoms with E-state index in [1.165, 1.54) is 22.2 Å². The minimum absolute atomic E-state index is 0.120. The monoisotopic (exact) mass is 483 g/mol. The van der Waals surface area contributed by atoms with Crippen molar-refractivity contribution >= 4 is 54.3 Å². The highest BCUT2D eigenvalue weighted by Gasteiger charge is 2.15. The van der Waals surface area contributed by atoms with Gasteiger partial charge in [-0.15, -0.1) is 0 Å². The summed E-state index contributed by atoms with van der Waals surface area (Å²) < 4.78 is 2.66. The summed E-state index contributed by atoms with van der Waals surface area (Å²) in [7, 11) is 1.93. The van der Waals surface area contributed by atoms with Crippen LogP contribution in [0.1, 0.15) is 5.56 Å². The third-order valence-corrected chi connectivity index (χ3v) is 6.08. The first kappa shape index (κ1) is 20.2. The number of aromatic nitrogens is 3. The molecule has 0 aliphatic rings. The lowest BCUT2D eigenvalue weighted by molar-refractivity contribution is -0.116. The van der Waals surface area contributed by atoms with Crippen molar-refractivity contribution in [1.29, 1.82) is 0 Å². The SMILES string of the molecule is CN(Cc1ccccc1)c1nc2ncn(CC(=O)Nc3ccc(Br)cc3)c(=O)c2s1. The molecule has 0 aliphatic heterocycles. The molecule has 30 heavy (non-hydrogen) atoms. The average Bonchev–Trinajstić information content (AvgIpc) is 3.18. The Hall–Kier alpha value is -3.04. The molecule has 1 amide bonds. The first-order valence-corrected chi connectivity index (χ1v) is 10.8. The summed E-state index contributed by atoms with van der Waals surface area (Å²) in [5.74, 6) is -0.300. The maximum absolute atomic E-state index is 12.8. The zero-order valence-electron chi connectivity index (χ0n) is 16.1. The second-order valence-electron chi connectivity index (χ2n) is 6.72. The third-order valence-electron chi connectivity index (χ3n) is 4.40. The van der Waals surface area contributed by atoms with Crippen molar-refractivity contribution in [2.75, 3.05) is 17.3 Å². The van der Waals surface area contributed by atoms with Crippen molar-refractivity contribution in [1.82, 2.24) is 14.5 Å². The zero-order chi connectivity index (χ0) is 21.1. The van der Waals surface area contributed by atoms with E-state index in [2.05, 4.69) is 31.2 Å². The predicted molar refractivity (Wildman–Crippen MR) is 123 cm³/mol. The summed E-state index contributed by atoms with van der Waals surface area (Å²) in [6.07, 6.45) is 1.37. The fourth-order valence-corrected chi connectivity index (χ4v) is 4.12. The number of hydrogen-bond acceptors (Lipinski definition) is 6. The lowest BCUT2D eigenvalue weighted by atomic mass is 10.2. The van der Waals surface area contributed by atoms with Gasteiger partial charge in [0.15, 0.2) is 10.8 Å². The topological polar surface area (TPSA) is 80.1 Å². The quantitative estimate of drug-likeness (QED) is 0.449. The minimum Gasteiger partial charge on any atom is -0.347 e. The minimum atomic E-state index is -0.300. The molecule has 0 spiro atoms. The summed E-state index contributed by atoms with van der Waals surface area (Å²) >= 11 is 4.63. The van der Waals surface area contributed by atoms with Crippen LogP contribution in [-0.4, -0.2) is 27.5 Å². The van der Waals surface area contributed by atoms with Crippen LogP contribution in [0.15, 0.2) is 70.2 Å². The van der Waals surface area contributed by atoms with Gasteiger partial charge in [0.1, 0.15) is 17.6 Å². The third kappa shape index (κ3) is 4.58. The smallest absolute Gasteiger partial charge is 0.273 e. The fraction of sp³-hybridized carbons (Fsp3) is 0.143. The highest BCUT2D eigenvalue weighted by molar-refractivity contribution is 9.10. The predicted octanol–water partition coefficient (Wildman–Crippen LogP) is 3.89. The van der Waals surface area contributed by atoms with E-state index in [-0.39, 0.29) is 18.0 Å². The Labute approximate surface area is 185 Å². The molecular formula is C21H18BrN5O2S. The second kappa shape index (κ2) is 8.76. The second-order valence-corrected chi connectivity index (χ2v) is 8.62. The van der Waals surface area contributed by atoms with Gasteiger partial charge in [0.25, 0.3) is 5.56 Å². The Morgan fingerprint density at radius 2 is 1.90 bits per heavy atom. The number of hydrogen-bond donors (Lipinski definition) is 1. The van der Waals surface area contributed by atoms with Crippen molar-refractivity contribution < 1.29 is 4.79 Å². The van der Waals surface area contributed by atoms with Gasteiger partial charge >= 0.3 is 0 Å². The van der Waals surface area contributed by atoms with E-state index < -0.39 is 0 Å². The molecule has 0 aliphatic carbocycles. The number of anilines is 2. The molecule has 4 rings (SSSR count). The van der Waals surface area contributed by atoms with Crippen LogP contribution in [0, 0.1) is 0 Å². The Morgan fingerprint density at radius 3 is 2.63 bits per heavy atom. The van der Waals surface area contributed by atoms with Crippen LogP contribution >= 0.6 is 27.3 Å². The van der Waals surface area contributed by atoms with Crippen LogP contribution in [0.5, 0.6) is 0 Å². The number of rotatable bonds is 6. The first-order chi connectivity index (χ1) is 14.5. The molecule has 0 saturated carbocycles. The fourth-order valence-electron chi connectivity index (χ4n) is 2.92. The van der Waals surface area contributed by atoms with Gasteiger partial charge in [0.2, 0.25) is 5.91 Å². The van der Waals surface area contributed by atoms with Gasteiger partial charge in [-0.05, 0) is 29.8 Å². The summed E-state index contributed by atoms with van der Waals surface area (Å²) in [5.41, 5.74) is 1.93. The van der Waals surface area contributed by atoms with Crippen LogP contribution in [0.4, 0.5) is 10.8 Å². The van der Waals surface area contributed by atoms with E-state index in [0.717, 1.165) is 10.0 Å². The number of carbonyl (C=O) groups is 1. The summed E-state index contributed by atoms with van der Waals surface area (Å²) in [4.78, 5) is 35.9. The summed E-state index contributed by atoms with van der Waals surface area (Å²) in [5, 5.41) is 3.48. The Bertz CT molecular complexity index is 1240. The molecule has 0 saturated heterocycles. The lowest BCUT2D eigenvalue weighted by Gasteiger charge is -2.15. The Balaban J connectivity index is 1.51. The van der Waals surface area contributed by atoms with Gasteiger partial charge in [-0.3, -0.25) is 14.2 Å². The van der Waals surface area contributed by atoms with E-state index in [0.29, 0.717) is 27.7 Å². The molecule has 152 valence electrons. The largest absolute Gasteiger partial charge is 0.347 e. The zero-order valence-corrected chi connectivity index (χ0v) is 18.5. The number of nitrogens with zero attached hydrogens (tertiary/aromatic N) is 4. The molecule has 4 aromatic rings. The normalized spacial score (nSPS) is 10.9. The summed E-state index contributed by atoms with van der Waals surface area (Å²) in [6.45, 7) is 0.551. The number of halogens is 1. The maximum Gasteiger partial charge on any atom is 0.273 e. The van der Waals surface area contributed by atoms with Gasteiger partial charge in [0.05, 0.1) is 0 Å². The lowest BCUT2D eigenvalue weighted by Crippen LogP contribution is -2.27. The highest BCUT2D eigenvalue weighted by atomic mass is 79.9. The molecule has 0 bridgehead atoms. The van der Waals surface area contributed by atoms with Crippen LogP contribution in [0.3, 0.4) is 0 Å². The van der Waals surface area contributed by atoms with E-state index in [1.54, 1.807) is 12.1 Å². The van der Waals surface area contributed by atoms with Crippen molar-refractivity contribution in [3.8, 4) is 0 Å². The van der Waals surface area contributed by atoms with Crippen molar-refractivity contribution in [2.24, 2.45) is 0 Å². The number of fused-ring (bicyclic) bond motifs is 1. The van der Waals surface area contributed by atoms with Crippen LogP contribution in [-0.2, 0) is 17.9 Å². The maximum atomic E-state index is 12.8. The van der Waals surface area contributed by atoms with Gasteiger partial charge in [-0.2, -0.15) is 4.98 Å². The van der Waals surface area contributed by atoms with Gasteiger partial charge in [-0.25, -0.2) is 4.98 Å². The van der Waals surface area contributed by atoms with Crippen molar-refractivity contribution in [2.45, 2.75) is 13.1 Å². The molecule has 2 heterocycles. The van der Waals surface area contributed by atoms with Crippen LogP contribution < -0.4 is 15.8 Å². The number of carbonyl (C=O) groups excluding carboxylic acids is 1. The molecule has 1 N–H and O–H groups in total. The standard InChI is InChI=1S/C21H18BrN5O2S/c1-26(11-14-5-3-2-4-6-14)21-25-19-18(30-21)20(29)27(13-23-19)12-17(28)24-16-9-7-15(22)8-10-16/h2-10,13H,11-12H2,1H3,(H,24,28). The molecule has 0 fully saturated rings. The molecule has 7 nitrogen and oxygen atoms in total. The molecule has 9 heteroatoms. The Kier molecular flexibility index (Phi) is 5.91. The van der Waals surface area contributed by atoms with E-state index >= 15 is 0 Å². The number of amides is 1. The van der Waals surface area contributed by atoms with Gasteiger partial charge < -0.3 is 10.2 Å². The van der Waals surface area contributed by atoms with Crippen LogP contribution in [0.2, 0.25) is 0 Å². The van der Waals surface area contributed by atoms with E-state index in [4.69, 9.17) is 0 Å². The van der Waals surface area contributed by atoms with Crippen LogP contribution in [0.25, 0.3) is 10.3 Å². The Morgan fingerprint density at radius 1 is 1.17 bits per heavy atom.